The fourth-order valence-electron chi connectivity index (χ4n) is 2.15. The lowest BCUT2D eigenvalue weighted by atomic mass is 9.98. The highest BCUT2D eigenvalue weighted by atomic mass is 32.2. The van der Waals surface area contributed by atoms with Gasteiger partial charge in [-0.25, -0.2) is 8.57 Å². The lowest BCUT2D eigenvalue weighted by molar-refractivity contribution is 0.140. The van der Waals surface area contributed by atoms with E-state index in [9.17, 15) is 9.32 Å². The summed E-state index contributed by atoms with van der Waals surface area (Å²) in [4.78, 5) is 0.676. The van der Waals surface area contributed by atoms with E-state index in [-0.39, 0.29) is 5.92 Å². The van der Waals surface area contributed by atoms with Gasteiger partial charge in [-0.1, -0.05) is 61.5 Å². The molecule has 0 radical (unpaired) electrons. The smallest absolute Gasteiger partial charge is 0.0963 e. The van der Waals surface area contributed by atoms with Crippen molar-refractivity contribution in [3.8, 4) is 0 Å². The van der Waals surface area contributed by atoms with Crippen LogP contribution in [0.25, 0.3) is 0 Å². The molecule has 4 heteroatoms. The summed E-state index contributed by atoms with van der Waals surface area (Å²) in [6.07, 6.45) is 1.15. The SMILES string of the molecule is CN=[S@@](=O)(/C=C/[C@@H](C)[C@@H](O)c1ccccc1)c1ccccc1. The molecule has 0 spiro atoms. The predicted molar refractivity (Wildman–Crippen MR) is 90.9 cm³/mol. The quantitative estimate of drug-likeness (QED) is 0.905. The number of benzene rings is 2. The van der Waals surface area contributed by atoms with Crippen molar-refractivity contribution in [2.45, 2.75) is 17.9 Å². The molecular weight excluding hydrogens is 294 g/mol. The van der Waals surface area contributed by atoms with Crippen molar-refractivity contribution in [1.29, 1.82) is 0 Å². The molecule has 0 saturated heterocycles. The van der Waals surface area contributed by atoms with Crippen LogP contribution in [0.4, 0.5) is 0 Å². The molecule has 0 amide bonds. The predicted octanol–water partition coefficient (Wildman–Crippen LogP) is 4.03. The minimum absolute atomic E-state index is 0.159. The van der Waals surface area contributed by atoms with E-state index in [2.05, 4.69) is 4.36 Å². The topological polar surface area (TPSA) is 49.7 Å². The first-order chi connectivity index (χ1) is 10.6. The zero-order chi connectivity index (χ0) is 16.0. The zero-order valence-corrected chi connectivity index (χ0v) is 13.6. The molecule has 2 rings (SSSR count). The van der Waals surface area contributed by atoms with E-state index in [4.69, 9.17) is 0 Å². The molecule has 0 unspecified atom stereocenters. The summed E-state index contributed by atoms with van der Waals surface area (Å²) in [6.45, 7) is 1.90. The Kier molecular flexibility index (Phi) is 5.52. The largest absolute Gasteiger partial charge is 0.388 e. The molecular formula is C18H21NO2S. The van der Waals surface area contributed by atoms with Gasteiger partial charge in [0.15, 0.2) is 0 Å². The molecule has 2 aromatic carbocycles. The maximum absolute atomic E-state index is 12.9. The highest BCUT2D eigenvalue weighted by molar-refractivity contribution is 7.96. The third-order valence-corrected chi connectivity index (χ3v) is 5.57. The average Bonchev–Trinajstić information content (AvgIpc) is 2.60. The van der Waals surface area contributed by atoms with E-state index in [1.807, 2.05) is 55.5 Å². The molecule has 3 nitrogen and oxygen atoms in total. The van der Waals surface area contributed by atoms with Crippen LogP contribution in [0.5, 0.6) is 0 Å². The average molecular weight is 315 g/mol. The van der Waals surface area contributed by atoms with Crippen LogP contribution in [0.1, 0.15) is 18.6 Å². The van der Waals surface area contributed by atoms with Gasteiger partial charge in [0.25, 0.3) is 0 Å². The van der Waals surface area contributed by atoms with Crippen LogP contribution in [0, 0.1) is 5.92 Å². The molecule has 1 N–H and O–H groups in total. The summed E-state index contributed by atoms with van der Waals surface area (Å²) >= 11 is 0. The summed E-state index contributed by atoms with van der Waals surface area (Å²) in [6, 6.07) is 18.6. The molecule has 116 valence electrons. The Morgan fingerprint density at radius 3 is 2.14 bits per heavy atom. The van der Waals surface area contributed by atoms with Crippen molar-refractivity contribution < 1.29 is 9.32 Å². The standard InChI is InChI=1S/C18H21NO2S/c1-15(18(20)16-9-5-3-6-10-16)13-14-22(21,19-2)17-11-7-4-8-12-17/h3-15,18,20H,1-2H3/b14-13+/t15-,18-,22-/m1/s1. The van der Waals surface area contributed by atoms with E-state index in [1.165, 1.54) is 0 Å². The minimum atomic E-state index is -2.58. The number of rotatable bonds is 5. The molecule has 0 aliphatic carbocycles. The van der Waals surface area contributed by atoms with Crippen molar-refractivity contribution >= 4 is 9.73 Å². The fourth-order valence-corrected chi connectivity index (χ4v) is 3.65. The molecule has 2 aromatic rings. The summed E-state index contributed by atoms with van der Waals surface area (Å²) in [5.41, 5.74) is 0.847. The molecule has 0 aliphatic heterocycles. The van der Waals surface area contributed by atoms with Gasteiger partial charge >= 0.3 is 0 Å². The normalized spacial score (nSPS) is 16.9. The van der Waals surface area contributed by atoms with Gasteiger partial charge in [-0.2, -0.15) is 0 Å². The molecule has 0 aromatic heterocycles. The lowest BCUT2D eigenvalue weighted by Gasteiger charge is -2.16. The Hall–Kier alpha value is -1.91. The lowest BCUT2D eigenvalue weighted by Crippen LogP contribution is -2.07. The maximum Gasteiger partial charge on any atom is 0.0963 e. The van der Waals surface area contributed by atoms with Gasteiger partial charge in [-0.05, 0) is 17.7 Å². The number of aliphatic hydroxyl groups excluding tert-OH is 1. The van der Waals surface area contributed by atoms with E-state index in [0.29, 0.717) is 4.90 Å². The fraction of sp³-hybridized carbons (Fsp3) is 0.222. The molecule has 0 fully saturated rings. The second-order valence-corrected chi connectivity index (χ2v) is 7.35. The monoisotopic (exact) mass is 315 g/mol. The molecule has 0 saturated carbocycles. The zero-order valence-electron chi connectivity index (χ0n) is 12.8. The summed E-state index contributed by atoms with van der Waals surface area (Å²) in [5.74, 6) is -0.159. The third-order valence-electron chi connectivity index (χ3n) is 3.56. The Morgan fingerprint density at radius 1 is 1.05 bits per heavy atom. The van der Waals surface area contributed by atoms with Gasteiger partial charge in [0.2, 0.25) is 0 Å². The summed E-state index contributed by atoms with van der Waals surface area (Å²) < 4.78 is 16.9. The second kappa shape index (κ2) is 7.38. The van der Waals surface area contributed by atoms with E-state index in [1.54, 1.807) is 30.7 Å². The van der Waals surface area contributed by atoms with Gasteiger partial charge in [0.05, 0.1) is 20.7 Å². The van der Waals surface area contributed by atoms with Crippen molar-refractivity contribution in [3.05, 3.63) is 77.7 Å². The van der Waals surface area contributed by atoms with Crippen LogP contribution in [-0.4, -0.2) is 16.4 Å². The van der Waals surface area contributed by atoms with Crippen molar-refractivity contribution in [2.75, 3.05) is 7.05 Å². The Balaban J connectivity index is 2.21. The van der Waals surface area contributed by atoms with Gasteiger partial charge in [0.1, 0.15) is 0 Å². The number of aliphatic hydroxyl groups is 1. The number of nitrogens with zero attached hydrogens (tertiary/aromatic N) is 1. The van der Waals surface area contributed by atoms with Crippen LogP contribution < -0.4 is 0 Å². The van der Waals surface area contributed by atoms with Crippen LogP contribution in [-0.2, 0) is 9.73 Å². The summed E-state index contributed by atoms with van der Waals surface area (Å²) in [7, 11) is -1.03. The van der Waals surface area contributed by atoms with E-state index < -0.39 is 15.8 Å². The van der Waals surface area contributed by atoms with Crippen molar-refractivity contribution in [2.24, 2.45) is 10.3 Å². The molecule has 0 heterocycles. The van der Waals surface area contributed by atoms with Crippen LogP contribution in [0.15, 0.2) is 81.4 Å². The number of hydrogen-bond acceptors (Lipinski definition) is 3. The third kappa shape index (κ3) is 3.84. The van der Waals surface area contributed by atoms with Crippen LogP contribution >= 0.6 is 0 Å². The molecule has 0 aliphatic rings. The first kappa shape index (κ1) is 16.5. The van der Waals surface area contributed by atoms with Gasteiger partial charge in [0, 0.05) is 18.4 Å². The van der Waals surface area contributed by atoms with Crippen molar-refractivity contribution in [1.82, 2.24) is 0 Å². The molecule has 3 atom stereocenters. The highest BCUT2D eigenvalue weighted by Crippen LogP contribution is 2.24. The van der Waals surface area contributed by atoms with Crippen molar-refractivity contribution in [3.63, 3.8) is 0 Å². The first-order valence-electron chi connectivity index (χ1n) is 7.18. The Bertz CT molecular complexity index is 732. The van der Waals surface area contributed by atoms with Gasteiger partial charge in [-0.3, -0.25) is 0 Å². The second-order valence-electron chi connectivity index (χ2n) is 5.11. The first-order valence-corrected chi connectivity index (χ1v) is 8.76. The maximum atomic E-state index is 12.9. The highest BCUT2D eigenvalue weighted by Gasteiger charge is 2.15. The van der Waals surface area contributed by atoms with E-state index in [0.717, 1.165) is 5.56 Å². The Labute approximate surface area is 132 Å². The Morgan fingerprint density at radius 2 is 1.59 bits per heavy atom. The summed E-state index contributed by atoms with van der Waals surface area (Å²) in [5, 5.41) is 12.0. The minimum Gasteiger partial charge on any atom is -0.388 e. The number of hydrogen-bond donors (Lipinski definition) is 1. The van der Waals surface area contributed by atoms with E-state index >= 15 is 0 Å². The van der Waals surface area contributed by atoms with Gasteiger partial charge in [-0.15, -0.1) is 0 Å². The van der Waals surface area contributed by atoms with Gasteiger partial charge < -0.3 is 5.11 Å². The molecule has 0 bridgehead atoms. The van der Waals surface area contributed by atoms with Crippen LogP contribution in [0.3, 0.4) is 0 Å². The van der Waals surface area contributed by atoms with Crippen LogP contribution in [0.2, 0.25) is 0 Å². The molecule has 22 heavy (non-hydrogen) atoms.